The van der Waals surface area contributed by atoms with E-state index in [4.69, 9.17) is 28.2 Å². The zero-order valence-electron chi connectivity index (χ0n) is 19.1. The van der Waals surface area contributed by atoms with Crippen LogP contribution in [-0.4, -0.2) is 47.2 Å². The Bertz CT molecular complexity index is 1310. The van der Waals surface area contributed by atoms with Gasteiger partial charge in [0.05, 0.1) is 6.04 Å². The molecular weight excluding hydrogens is 483 g/mol. The molecule has 1 saturated heterocycles. The highest BCUT2D eigenvalue weighted by atomic mass is 35.5. The van der Waals surface area contributed by atoms with E-state index in [2.05, 4.69) is 11.4 Å². The third kappa shape index (κ3) is 4.77. The van der Waals surface area contributed by atoms with Gasteiger partial charge in [0, 0.05) is 28.7 Å². The molecule has 6 nitrogen and oxygen atoms in total. The van der Waals surface area contributed by atoms with Crippen LogP contribution >= 0.6 is 23.2 Å². The summed E-state index contributed by atoms with van der Waals surface area (Å²) in [5, 5.41) is 3.97. The van der Waals surface area contributed by atoms with Crippen molar-refractivity contribution in [3.05, 3.63) is 105 Å². The molecule has 178 valence electrons. The van der Waals surface area contributed by atoms with Gasteiger partial charge in [0.2, 0.25) is 5.91 Å². The van der Waals surface area contributed by atoms with Crippen LogP contribution in [0.1, 0.15) is 34.3 Å². The summed E-state index contributed by atoms with van der Waals surface area (Å²) < 4.78 is 0. The molecule has 3 amide bonds. The van der Waals surface area contributed by atoms with E-state index in [-0.39, 0.29) is 24.5 Å². The Morgan fingerprint density at radius 1 is 0.971 bits per heavy atom. The van der Waals surface area contributed by atoms with Gasteiger partial charge in [-0.25, -0.2) is 4.79 Å². The molecule has 1 N–H and O–H groups in total. The lowest BCUT2D eigenvalue weighted by Gasteiger charge is -2.35. The Morgan fingerprint density at radius 3 is 2.46 bits per heavy atom. The number of aliphatic imine (C=N–C) groups is 1. The number of carbonyl (C=O) groups excluding carboxylic acids is 2. The Balaban J connectivity index is 1.67. The van der Waals surface area contributed by atoms with Gasteiger partial charge in [0.15, 0.2) is 0 Å². The lowest BCUT2D eigenvalue weighted by Crippen LogP contribution is -2.55. The highest BCUT2D eigenvalue weighted by Crippen LogP contribution is 2.44. The van der Waals surface area contributed by atoms with Crippen LogP contribution in [-0.2, 0) is 4.79 Å². The number of urea groups is 1. The van der Waals surface area contributed by atoms with Crippen LogP contribution in [0.2, 0.25) is 10.0 Å². The number of nitrogens with zero attached hydrogens (tertiary/aromatic N) is 3. The molecule has 5 rings (SSSR count). The lowest BCUT2D eigenvalue weighted by molar-refractivity contribution is -0.123. The number of benzene rings is 3. The van der Waals surface area contributed by atoms with Crippen molar-refractivity contribution in [2.75, 3.05) is 19.6 Å². The molecule has 3 aromatic rings. The molecule has 0 saturated carbocycles. The largest absolute Gasteiger partial charge is 0.353 e. The number of rotatable bonds is 3. The standard InChI is InChI=1S/C27H24Cl2N4O2/c1-17-4-2-5-19(14-17)25-24(18-8-10-21(28)11-9-18)31-26(20-6-3-7-22(29)15-20)33(25)27(35)32-13-12-30-23(34)16-32/h2-11,14-15,24-25H,12-13,16H2,1H3,(H,30,34). The van der Waals surface area contributed by atoms with E-state index in [0.717, 1.165) is 22.3 Å². The van der Waals surface area contributed by atoms with Crippen LogP contribution in [0.25, 0.3) is 0 Å². The number of amidine groups is 1. The first-order valence-electron chi connectivity index (χ1n) is 11.4. The van der Waals surface area contributed by atoms with Crippen molar-refractivity contribution >= 4 is 41.0 Å². The fourth-order valence-corrected chi connectivity index (χ4v) is 4.96. The summed E-state index contributed by atoms with van der Waals surface area (Å²) in [6, 6.07) is 21.9. The number of hydrogen-bond acceptors (Lipinski definition) is 3. The molecule has 35 heavy (non-hydrogen) atoms. The monoisotopic (exact) mass is 506 g/mol. The van der Waals surface area contributed by atoms with Crippen molar-refractivity contribution in [3.63, 3.8) is 0 Å². The molecule has 2 unspecified atom stereocenters. The highest BCUT2D eigenvalue weighted by molar-refractivity contribution is 6.31. The van der Waals surface area contributed by atoms with Gasteiger partial charge in [0.25, 0.3) is 0 Å². The fraction of sp³-hybridized carbons (Fsp3) is 0.222. The number of aryl methyl sites for hydroxylation is 1. The number of hydrogen-bond donors (Lipinski definition) is 1. The molecule has 0 spiro atoms. The summed E-state index contributed by atoms with van der Waals surface area (Å²) in [7, 11) is 0. The van der Waals surface area contributed by atoms with Gasteiger partial charge in [-0.05, 0) is 42.3 Å². The molecular formula is C27H24Cl2N4O2. The Labute approximate surface area is 214 Å². The van der Waals surface area contributed by atoms with Crippen molar-refractivity contribution in [3.8, 4) is 0 Å². The van der Waals surface area contributed by atoms with Crippen LogP contribution in [0.15, 0.2) is 77.8 Å². The van der Waals surface area contributed by atoms with Crippen LogP contribution in [0.4, 0.5) is 4.79 Å². The van der Waals surface area contributed by atoms with Gasteiger partial charge in [-0.1, -0.05) is 77.3 Å². The summed E-state index contributed by atoms with van der Waals surface area (Å²) >= 11 is 12.5. The van der Waals surface area contributed by atoms with Gasteiger partial charge in [-0.15, -0.1) is 0 Å². The summed E-state index contributed by atoms with van der Waals surface area (Å²) in [6.45, 7) is 2.87. The fourth-order valence-electron chi connectivity index (χ4n) is 4.64. The molecule has 0 aromatic heterocycles. The maximum Gasteiger partial charge on any atom is 0.326 e. The minimum Gasteiger partial charge on any atom is -0.353 e. The molecule has 0 radical (unpaired) electrons. The highest BCUT2D eigenvalue weighted by Gasteiger charge is 2.44. The minimum atomic E-state index is -0.414. The van der Waals surface area contributed by atoms with Crippen molar-refractivity contribution in [1.29, 1.82) is 0 Å². The van der Waals surface area contributed by atoms with Gasteiger partial charge >= 0.3 is 6.03 Å². The predicted molar refractivity (Wildman–Crippen MR) is 138 cm³/mol. The Morgan fingerprint density at radius 2 is 1.74 bits per heavy atom. The number of nitrogens with one attached hydrogen (secondary N) is 1. The SMILES string of the molecule is Cc1cccc(C2C(c3ccc(Cl)cc3)N=C(c3cccc(Cl)c3)N2C(=O)N2CCNC(=O)C2)c1. The maximum absolute atomic E-state index is 14.1. The molecule has 3 aromatic carbocycles. The molecule has 2 aliphatic heterocycles. The third-order valence-electron chi connectivity index (χ3n) is 6.26. The Kier molecular flexibility index (Phi) is 6.50. The number of carbonyl (C=O) groups is 2. The van der Waals surface area contributed by atoms with E-state index < -0.39 is 6.04 Å². The van der Waals surface area contributed by atoms with Crippen molar-refractivity contribution in [2.24, 2.45) is 4.99 Å². The number of piperazine rings is 1. The first-order chi connectivity index (χ1) is 16.9. The number of amides is 3. The zero-order chi connectivity index (χ0) is 24.5. The molecule has 1 fully saturated rings. The summed E-state index contributed by atoms with van der Waals surface area (Å²) in [4.78, 5) is 34.6. The second kappa shape index (κ2) is 9.72. The average molecular weight is 507 g/mol. The smallest absolute Gasteiger partial charge is 0.326 e. The first kappa shape index (κ1) is 23.4. The van der Waals surface area contributed by atoms with E-state index in [1.165, 1.54) is 0 Å². The molecule has 0 bridgehead atoms. The van der Waals surface area contributed by atoms with Crippen molar-refractivity contribution in [1.82, 2.24) is 15.1 Å². The summed E-state index contributed by atoms with van der Waals surface area (Å²) in [5.74, 6) is 0.348. The molecule has 8 heteroatoms. The van der Waals surface area contributed by atoms with Crippen LogP contribution in [0.3, 0.4) is 0 Å². The van der Waals surface area contributed by atoms with Gasteiger partial charge in [-0.2, -0.15) is 0 Å². The second-order valence-electron chi connectivity index (χ2n) is 8.74. The van der Waals surface area contributed by atoms with E-state index >= 15 is 0 Å². The quantitative estimate of drug-likeness (QED) is 0.516. The molecule has 0 aliphatic carbocycles. The molecule has 2 atom stereocenters. The normalized spacial score (nSPS) is 20.0. The summed E-state index contributed by atoms with van der Waals surface area (Å²) in [6.07, 6.45) is 0. The van der Waals surface area contributed by atoms with E-state index in [9.17, 15) is 9.59 Å². The van der Waals surface area contributed by atoms with Crippen LogP contribution in [0.5, 0.6) is 0 Å². The van der Waals surface area contributed by atoms with Crippen molar-refractivity contribution < 1.29 is 9.59 Å². The zero-order valence-corrected chi connectivity index (χ0v) is 20.6. The summed E-state index contributed by atoms with van der Waals surface area (Å²) in [5.41, 5.74) is 3.72. The van der Waals surface area contributed by atoms with E-state index in [1.807, 2.05) is 61.5 Å². The minimum absolute atomic E-state index is 0.00427. The first-order valence-corrected chi connectivity index (χ1v) is 12.2. The second-order valence-corrected chi connectivity index (χ2v) is 9.62. The lowest BCUT2D eigenvalue weighted by atomic mass is 9.93. The van der Waals surface area contributed by atoms with Gasteiger partial charge in [0.1, 0.15) is 18.4 Å². The van der Waals surface area contributed by atoms with Gasteiger partial charge in [-0.3, -0.25) is 14.7 Å². The molecule has 2 aliphatic rings. The molecule has 2 heterocycles. The maximum atomic E-state index is 14.1. The predicted octanol–water partition coefficient (Wildman–Crippen LogP) is 5.40. The third-order valence-corrected chi connectivity index (χ3v) is 6.75. The van der Waals surface area contributed by atoms with Crippen molar-refractivity contribution in [2.45, 2.75) is 19.0 Å². The average Bonchev–Trinajstić information content (AvgIpc) is 3.25. The number of halogens is 2. The van der Waals surface area contributed by atoms with E-state index in [0.29, 0.717) is 29.0 Å². The van der Waals surface area contributed by atoms with Crippen LogP contribution < -0.4 is 5.32 Å². The van der Waals surface area contributed by atoms with Gasteiger partial charge < -0.3 is 10.2 Å². The van der Waals surface area contributed by atoms with E-state index in [1.54, 1.807) is 21.9 Å². The topological polar surface area (TPSA) is 65.0 Å². The Hall–Kier alpha value is -3.35. The van der Waals surface area contributed by atoms with Crippen LogP contribution in [0, 0.1) is 6.92 Å².